The predicted molar refractivity (Wildman–Crippen MR) is 114 cm³/mol. The van der Waals surface area contributed by atoms with Crippen molar-refractivity contribution in [1.29, 1.82) is 0 Å². The minimum atomic E-state index is -3.62. The van der Waals surface area contributed by atoms with Gasteiger partial charge in [0.1, 0.15) is 12.4 Å². The summed E-state index contributed by atoms with van der Waals surface area (Å²) in [4.78, 5) is 11.9. The van der Waals surface area contributed by atoms with Gasteiger partial charge in [0.25, 0.3) is 10.0 Å². The molecule has 1 saturated carbocycles. The Morgan fingerprint density at radius 2 is 2.03 bits per heavy atom. The maximum absolute atomic E-state index is 12.3. The number of esters is 1. The largest absolute Gasteiger partial charge is 0.492 e. The van der Waals surface area contributed by atoms with Crippen molar-refractivity contribution in [2.75, 3.05) is 20.3 Å². The first-order valence-electron chi connectivity index (χ1n) is 10.7. The number of rotatable bonds is 7. The lowest BCUT2D eigenvalue weighted by atomic mass is 9.67. The first kappa shape index (κ1) is 21.8. The van der Waals surface area contributed by atoms with Crippen LogP contribution in [0.25, 0.3) is 0 Å². The Labute approximate surface area is 183 Å². The van der Waals surface area contributed by atoms with E-state index in [1.54, 1.807) is 7.05 Å². The van der Waals surface area contributed by atoms with E-state index in [0.29, 0.717) is 0 Å². The van der Waals surface area contributed by atoms with E-state index in [1.807, 2.05) is 6.07 Å². The Bertz CT molecular complexity index is 1050. The maximum atomic E-state index is 12.3. The van der Waals surface area contributed by atoms with E-state index in [2.05, 4.69) is 22.0 Å². The van der Waals surface area contributed by atoms with Crippen LogP contribution in [0.3, 0.4) is 0 Å². The normalized spacial score (nSPS) is 23.0. The SMILES string of the molecule is COC(=O)C1CCC2(CCc3ccc(OCCNS(=O)(=O)c4ccnn4C)cc32)CC1. The average molecular weight is 448 g/mol. The van der Waals surface area contributed by atoms with Crippen LogP contribution >= 0.6 is 0 Å². The van der Waals surface area contributed by atoms with Crippen molar-refractivity contribution in [3.05, 3.63) is 41.6 Å². The van der Waals surface area contributed by atoms with Crippen molar-refractivity contribution in [3.63, 3.8) is 0 Å². The molecule has 1 N–H and O–H groups in total. The topological polar surface area (TPSA) is 99.5 Å². The fraction of sp³-hybridized carbons (Fsp3) is 0.545. The number of carbonyl (C=O) groups is 1. The van der Waals surface area contributed by atoms with Gasteiger partial charge in [0, 0.05) is 13.6 Å². The molecule has 1 aromatic heterocycles. The molecule has 0 aliphatic heterocycles. The molecule has 0 unspecified atom stereocenters. The number of aromatic nitrogens is 2. The van der Waals surface area contributed by atoms with Crippen LogP contribution in [0.5, 0.6) is 5.75 Å². The van der Waals surface area contributed by atoms with Gasteiger partial charge in [-0.05, 0) is 73.3 Å². The Morgan fingerprint density at radius 1 is 1.26 bits per heavy atom. The molecule has 2 aliphatic carbocycles. The van der Waals surface area contributed by atoms with Gasteiger partial charge in [-0.1, -0.05) is 6.07 Å². The predicted octanol–water partition coefficient (Wildman–Crippen LogP) is 2.32. The highest BCUT2D eigenvalue weighted by Gasteiger charge is 2.43. The summed E-state index contributed by atoms with van der Waals surface area (Å²) in [5, 5.41) is 4.01. The van der Waals surface area contributed by atoms with E-state index >= 15 is 0 Å². The fourth-order valence-corrected chi connectivity index (χ4v) is 6.14. The lowest BCUT2D eigenvalue weighted by molar-refractivity contribution is -0.147. The molecular formula is C22H29N3O5S. The third-order valence-corrected chi connectivity index (χ3v) is 8.25. The van der Waals surface area contributed by atoms with Crippen LogP contribution in [0.1, 0.15) is 43.2 Å². The summed E-state index contributed by atoms with van der Waals surface area (Å²) < 4.78 is 39.3. The summed E-state index contributed by atoms with van der Waals surface area (Å²) in [6.45, 7) is 0.393. The van der Waals surface area contributed by atoms with Crippen LogP contribution in [0.2, 0.25) is 0 Å². The summed E-state index contributed by atoms with van der Waals surface area (Å²) >= 11 is 0. The van der Waals surface area contributed by atoms with E-state index in [4.69, 9.17) is 9.47 Å². The van der Waals surface area contributed by atoms with Crippen molar-refractivity contribution < 1.29 is 22.7 Å². The molecule has 1 aromatic carbocycles. The molecule has 1 fully saturated rings. The van der Waals surface area contributed by atoms with Gasteiger partial charge in [-0.3, -0.25) is 9.48 Å². The molecule has 2 aliphatic rings. The minimum absolute atomic E-state index is 0.00607. The average Bonchev–Trinajstić information content (AvgIpc) is 3.36. The molecule has 9 heteroatoms. The van der Waals surface area contributed by atoms with Crippen molar-refractivity contribution in [3.8, 4) is 5.75 Å². The minimum Gasteiger partial charge on any atom is -0.492 e. The Kier molecular flexibility index (Phi) is 6.07. The second kappa shape index (κ2) is 8.63. The number of sulfonamides is 1. The Hall–Kier alpha value is -2.39. The quantitative estimate of drug-likeness (QED) is 0.517. The summed E-state index contributed by atoms with van der Waals surface area (Å²) in [6.07, 6.45) is 7.26. The lowest BCUT2D eigenvalue weighted by Crippen LogP contribution is -2.32. The first-order valence-corrected chi connectivity index (χ1v) is 12.1. The van der Waals surface area contributed by atoms with Crippen LogP contribution in [-0.4, -0.2) is 44.4 Å². The second-order valence-electron chi connectivity index (χ2n) is 8.44. The third kappa shape index (κ3) is 4.34. The van der Waals surface area contributed by atoms with Crippen molar-refractivity contribution in [1.82, 2.24) is 14.5 Å². The lowest BCUT2D eigenvalue weighted by Gasteiger charge is -2.37. The highest BCUT2D eigenvalue weighted by molar-refractivity contribution is 7.89. The third-order valence-electron chi connectivity index (χ3n) is 6.72. The van der Waals surface area contributed by atoms with Gasteiger partial charge < -0.3 is 9.47 Å². The molecule has 2 aromatic rings. The molecule has 1 heterocycles. The molecule has 31 heavy (non-hydrogen) atoms. The zero-order valence-corrected chi connectivity index (χ0v) is 18.8. The van der Waals surface area contributed by atoms with E-state index in [-0.39, 0.29) is 35.5 Å². The van der Waals surface area contributed by atoms with Crippen LogP contribution in [-0.2, 0) is 38.4 Å². The summed E-state index contributed by atoms with van der Waals surface area (Å²) in [5.41, 5.74) is 2.78. The van der Waals surface area contributed by atoms with Crippen LogP contribution < -0.4 is 9.46 Å². The molecule has 0 radical (unpaired) electrons. The molecule has 0 amide bonds. The number of nitrogens with one attached hydrogen (secondary N) is 1. The van der Waals surface area contributed by atoms with E-state index in [0.717, 1.165) is 44.3 Å². The number of benzene rings is 1. The number of ether oxygens (including phenoxy) is 2. The van der Waals surface area contributed by atoms with Crippen molar-refractivity contribution in [2.45, 2.75) is 49.0 Å². The summed E-state index contributed by atoms with van der Waals surface area (Å²) in [6, 6.07) is 7.63. The van der Waals surface area contributed by atoms with Gasteiger partial charge in [0.15, 0.2) is 5.03 Å². The molecule has 1 spiro atoms. The highest BCUT2D eigenvalue weighted by Crippen LogP contribution is 2.50. The van der Waals surface area contributed by atoms with Crippen LogP contribution in [0.4, 0.5) is 0 Å². The smallest absolute Gasteiger partial charge is 0.308 e. The fourth-order valence-electron chi connectivity index (χ4n) is 5.00. The molecule has 8 nitrogen and oxygen atoms in total. The number of nitrogens with zero attached hydrogens (tertiary/aromatic N) is 2. The standard InChI is InChI=1S/C22H29N3O5S/c1-25-20(8-12-23-25)31(27,28)24-13-14-30-18-4-3-16-5-9-22(19(16)15-18)10-6-17(7-11-22)21(26)29-2/h3-4,8,12,15,17,24H,5-7,9-11,13-14H2,1-2H3. The first-order chi connectivity index (χ1) is 14.8. The van der Waals surface area contributed by atoms with Crippen molar-refractivity contribution >= 4 is 16.0 Å². The Morgan fingerprint density at radius 3 is 2.71 bits per heavy atom. The highest BCUT2D eigenvalue weighted by atomic mass is 32.2. The number of carbonyl (C=O) groups excluding carboxylic acids is 1. The van der Waals surface area contributed by atoms with Gasteiger partial charge in [-0.2, -0.15) is 5.10 Å². The second-order valence-corrected chi connectivity index (χ2v) is 10.1. The molecule has 168 valence electrons. The molecular weight excluding hydrogens is 418 g/mol. The number of fused-ring (bicyclic) bond motifs is 2. The summed E-state index contributed by atoms with van der Waals surface area (Å²) in [5.74, 6) is 0.653. The molecule has 0 bridgehead atoms. The molecule has 0 atom stereocenters. The van der Waals surface area contributed by atoms with E-state index < -0.39 is 10.0 Å². The molecule has 4 rings (SSSR count). The van der Waals surface area contributed by atoms with Crippen molar-refractivity contribution in [2.24, 2.45) is 13.0 Å². The number of hydrogen-bond acceptors (Lipinski definition) is 6. The zero-order valence-electron chi connectivity index (χ0n) is 18.0. The van der Waals surface area contributed by atoms with E-state index in [1.165, 1.54) is 35.2 Å². The number of hydrogen-bond donors (Lipinski definition) is 1. The monoisotopic (exact) mass is 447 g/mol. The maximum Gasteiger partial charge on any atom is 0.308 e. The Balaban J connectivity index is 1.36. The number of aryl methyl sites for hydroxylation is 2. The van der Waals surface area contributed by atoms with Crippen LogP contribution in [0, 0.1) is 5.92 Å². The van der Waals surface area contributed by atoms with Gasteiger partial charge in [0.2, 0.25) is 0 Å². The van der Waals surface area contributed by atoms with Gasteiger partial charge in [0.05, 0.1) is 19.2 Å². The van der Waals surface area contributed by atoms with Gasteiger partial charge in [-0.15, -0.1) is 0 Å². The number of methoxy groups -OCH3 is 1. The molecule has 0 saturated heterocycles. The van der Waals surface area contributed by atoms with Gasteiger partial charge in [-0.25, -0.2) is 13.1 Å². The summed E-state index contributed by atoms with van der Waals surface area (Å²) in [7, 11) is -0.572. The van der Waals surface area contributed by atoms with E-state index in [9.17, 15) is 13.2 Å². The van der Waals surface area contributed by atoms with Gasteiger partial charge >= 0.3 is 5.97 Å². The zero-order chi connectivity index (χ0) is 22.1. The van der Waals surface area contributed by atoms with Crippen LogP contribution in [0.15, 0.2) is 35.5 Å².